The zero-order chi connectivity index (χ0) is 20.8. The van der Waals surface area contributed by atoms with Crippen molar-refractivity contribution in [2.24, 2.45) is 0 Å². The third kappa shape index (κ3) is 5.19. The van der Waals surface area contributed by atoms with Crippen molar-refractivity contribution in [2.75, 3.05) is 5.32 Å². The zero-order valence-electron chi connectivity index (χ0n) is 16.8. The van der Waals surface area contributed by atoms with Crippen molar-refractivity contribution in [3.8, 4) is 0 Å². The van der Waals surface area contributed by atoms with Crippen LogP contribution in [0.5, 0.6) is 0 Å². The SMILES string of the molecule is Cc1cc(CSc2ccccc2)ccc1NC(=O)c1ccc(Cn2ccnc2)cc1. The van der Waals surface area contributed by atoms with Crippen LogP contribution in [0.25, 0.3) is 0 Å². The van der Waals surface area contributed by atoms with Gasteiger partial charge in [-0.2, -0.15) is 0 Å². The summed E-state index contributed by atoms with van der Waals surface area (Å²) >= 11 is 1.81. The molecule has 0 atom stereocenters. The van der Waals surface area contributed by atoms with Gasteiger partial charge in [-0.3, -0.25) is 4.79 Å². The average Bonchev–Trinajstić information content (AvgIpc) is 3.28. The van der Waals surface area contributed by atoms with E-state index in [0.29, 0.717) is 5.56 Å². The molecule has 0 aliphatic rings. The lowest BCUT2D eigenvalue weighted by Gasteiger charge is -2.11. The Morgan fingerprint density at radius 3 is 2.47 bits per heavy atom. The zero-order valence-corrected chi connectivity index (χ0v) is 17.6. The fourth-order valence-electron chi connectivity index (χ4n) is 3.19. The van der Waals surface area contributed by atoms with Crippen LogP contribution >= 0.6 is 11.8 Å². The van der Waals surface area contributed by atoms with E-state index in [4.69, 9.17) is 0 Å². The molecule has 0 unspecified atom stereocenters. The Hall–Kier alpha value is -3.31. The molecule has 3 aromatic carbocycles. The van der Waals surface area contributed by atoms with E-state index in [2.05, 4.69) is 46.7 Å². The van der Waals surface area contributed by atoms with E-state index in [-0.39, 0.29) is 5.91 Å². The average molecular weight is 414 g/mol. The Balaban J connectivity index is 1.36. The molecule has 1 amide bonds. The number of benzene rings is 3. The highest BCUT2D eigenvalue weighted by Gasteiger charge is 2.09. The van der Waals surface area contributed by atoms with Gasteiger partial charge >= 0.3 is 0 Å². The number of aryl methyl sites for hydroxylation is 1. The number of thioether (sulfide) groups is 1. The fraction of sp³-hybridized carbons (Fsp3) is 0.120. The van der Waals surface area contributed by atoms with E-state index in [1.165, 1.54) is 10.5 Å². The van der Waals surface area contributed by atoms with Crippen molar-refractivity contribution in [3.05, 3.63) is 114 Å². The van der Waals surface area contributed by atoms with Crippen molar-refractivity contribution in [1.29, 1.82) is 0 Å². The number of aromatic nitrogens is 2. The van der Waals surface area contributed by atoms with E-state index >= 15 is 0 Å². The summed E-state index contributed by atoms with van der Waals surface area (Å²) in [4.78, 5) is 18.0. The Morgan fingerprint density at radius 1 is 1.00 bits per heavy atom. The van der Waals surface area contributed by atoms with Crippen LogP contribution < -0.4 is 5.32 Å². The van der Waals surface area contributed by atoms with Crippen molar-refractivity contribution < 1.29 is 4.79 Å². The minimum atomic E-state index is -0.0984. The number of anilines is 1. The molecular formula is C25H23N3OS. The second-order valence-electron chi connectivity index (χ2n) is 7.14. The van der Waals surface area contributed by atoms with Gasteiger partial charge in [0.2, 0.25) is 0 Å². The minimum Gasteiger partial charge on any atom is -0.333 e. The van der Waals surface area contributed by atoms with Crippen molar-refractivity contribution in [3.63, 3.8) is 0 Å². The molecule has 30 heavy (non-hydrogen) atoms. The molecule has 0 spiro atoms. The summed E-state index contributed by atoms with van der Waals surface area (Å²) in [5.41, 5.74) is 4.92. The number of rotatable bonds is 7. The Morgan fingerprint density at radius 2 is 1.77 bits per heavy atom. The highest BCUT2D eigenvalue weighted by molar-refractivity contribution is 7.98. The van der Waals surface area contributed by atoms with E-state index in [0.717, 1.165) is 29.1 Å². The first kappa shape index (κ1) is 20.0. The van der Waals surface area contributed by atoms with Crippen molar-refractivity contribution in [1.82, 2.24) is 9.55 Å². The number of carbonyl (C=O) groups excluding carboxylic acids is 1. The number of nitrogens with one attached hydrogen (secondary N) is 1. The number of nitrogens with zero attached hydrogens (tertiary/aromatic N) is 2. The summed E-state index contributed by atoms with van der Waals surface area (Å²) < 4.78 is 2.00. The molecule has 1 N–H and O–H groups in total. The molecule has 0 aliphatic carbocycles. The fourth-order valence-corrected chi connectivity index (χ4v) is 4.05. The molecule has 0 saturated heterocycles. The smallest absolute Gasteiger partial charge is 0.255 e. The van der Waals surface area contributed by atoms with Crippen LogP contribution in [0, 0.1) is 6.92 Å². The maximum atomic E-state index is 12.7. The van der Waals surface area contributed by atoms with Crippen LogP contribution in [0.1, 0.15) is 27.0 Å². The molecule has 0 fully saturated rings. The van der Waals surface area contributed by atoms with E-state index in [1.807, 2.05) is 65.8 Å². The monoisotopic (exact) mass is 413 g/mol. The molecule has 4 rings (SSSR count). The number of imidazole rings is 1. The molecule has 0 saturated carbocycles. The first-order chi connectivity index (χ1) is 14.7. The minimum absolute atomic E-state index is 0.0984. The number of hydrogen-bond donors (Lipinski definition) is 1. The highest BCUT2D eigenvalue weighted by Crippen LogP contribution is 2.25. The molecule has 150 valence electrons. The van der Waals surface area contributed by atoms with Gasteiger partial charge in [-0.05, 0) is 53.9 Å². The second-order valence-corrected chi connectivity index (χ2v) is 8.19. The molecule has 5 heteroatoms. The molecule has 0 aliphatic heterocycles. The van der Waals surface area contributed by atoms with Gasteiger partial charge < -0.3 is 9.88 Å². The molecule has 4 aromatic rings. The molecule has 0 bridgehead atoms. The highest BCUT2D eigenvalue weighted by atomic mass is 32.2. The van der Waals surface area contributed by atoms with Crippen LogP contribution in [-0.2, 0) is 12.3 Å². The summed E-state index contributed by atoms with van der Waals surface area (Å²) in [6, 6.07) is 24.3. The predicted octanol–water partition coefficient (Wildman–Crippen LogP) is 5.78. The standard InChI is InChI=1S/C25H23N3OS/c1-19-15-21(17-30-23-5-3-2-4-6-23)9-12-24(19)27-25(29)22-10-7-20(8-11-22)16-28-14-13-26-18-28/h2-15,18H,16-17H2,1H3,(H,27,29). The van der Waals surface area contributed by atoms with Gasteiger partial charge in [-0.25, -0.2) is 4.98 Å². The van der Waals surface area contributed by atoms with Gasteiger partial charge in [-0.1, -0.05) is 42.5 Å². The van der Waals surface area contributed by atoms with Crippen LogP contribution in [-0.4, -0.2) is 15.5 Å². The molecule has 1 heterocycles. The van der Waals surface area contributed by atoms with E-state index in [9.17, 15) is 4.79 Å². The Bertz CT molecular complexity index is 1110. The molecule has 1 aromatic heterocycles. The van der Waals surface area contributed by atoms with Gasteiger partial charge in [0.05, 0.1) is 6.33 Å². The largest absolute Gasteiger partial charge is 0.333 e. The van der Waals surface area contributed by atoms with Crippen molar-refractivity contribution >= 4 is 23.4 Å². The van der Waals surface area contributed by atoms with Gasteiger partial charge in [0.25, 0.3) is 5.91 Å². The van der Waals surface area contributed by atoms with Gasteiger partial charge in [0.15, 0.2) is 0 Å². The Labute approximate surface area is 181 Å². The maximum Gasteiger partial charge on any atom is 0.255 e. The first-order valence-corrected chi connectivity index (χ1v) is 10.8. The van der Waals surface area contributed by atoms with E-state index < -0.39 is 0 Å². The first-order valence-electron chi connectivity index (χ1n) is 9.81. The topological polar surface area (TPSA) is 46.9 Å². The van der Waals surface area contributed by atoms with Crippen LogP contribution in [0.4, 0.5) is 5.69 Å². The predicted molar refractivity (Wildman–Crippen MR) is 123 cm³/mol. The Kier molecular flexibility index (Phi) is 6.30. The number of carbonyl (C=O) groups is 1. The molecule has 4 nitrogen and oxygen atoms in total. The summed E-state index contributed by atoms with van der Waals surface area (Å²) in [6.07, 6.45) is 5.46. The van der Waals surface area contributed by atoms with Crippen molar-refractivity contribution in [2.45, 2.75) is 24.1 Å². The quantitative estimate of drug-likeness (QED) is 0.390. The number of hydrogen-bond acceptors (Lipinski definition) is 3. The lowest BCUT2D eigenvalue weighted by molar-refractivity contribution is 0.102. The lowest BCUT2D eigenvalue weighted by atomic mass is 10.1. The lowest BCUT2D eigenvalue weighted by Crippen LogP contribution is -2.13. The van der Waals surface area contributed by atoms with Crippen LogP contribution in [0.2, 0.25) is 0 Å². The number of amides is 1. The molecule has 0 radical (unpaired) electrons. The summed E-state index contributed by atoms with van der Waals surface area (Å²) in [5, 5.41) is 3.03. The normalized spacial score (nSPS) is 10.7. The third-order valence-electron chi connectivity index (χ3n) is 4.83. The van der Waals surface area contributed by atoms with Gasteiger partial charge in [0, 0.05) is 40.8 Å². The summed E-state index contributed by atoms with van der Waals surface area (Å²) in [5.74, 6) is 0.802. The van der Waals surface area contributed by atoms with Gasteiger partial charge in [0.1, 0.15) is 0 Å². The third-order valence-corrected chi connectivity index (χ3v) is 5.91. The van der Waals surface area contributed by atoms with Crippen LogP contribution in [0.15, 0.2) is 96.4 Å². The molecular weight excluding hydrogens is 390 g/mol. The van der Waals surface area contributed by atoms with Gasteiger partial charge in [-0.15, -0.1) is 11.8 Å². The summed E-state index contributed by atoms with van der Waals surface area (Å²) in [7, 11) is 0. The van der Waals surface area contributed by atoms with Crippen LogP contribution in [0.3, 0.4) is 0 Å². The maximum absolute atomic E-state index is 12.7. The summed E-state index contributed by atoms with van der Waals surface area (Å²) in [6.45, 7) is 2.77. The van der Waals surface area contributed by atoms with E-state index in [1.54, 1.807) is 12.5 Å². The second kappa shape index (κ2) is 9.46.